The van der Waals surface area contributed by atoms with Crippen molar-refractivity contribution in [3.8, 4) is 0 Å². The number of allylic oxidation sites excluding steroid dienone is 1. The average molecular weight is 389 g/mol. The van der Waals surface area contributed by atoms with Crippen molar-refractivity contribution in [2.75, 3.05) is 32.8 Å². The van der Waals surface area contributed by atoms with Gasteiger partial charge < -0.3 is 14.4 Å². The van der Waals surface area contributed by atoms with E-state index in [2.05, 4.69) is 6.92 Å². The topological polar surface area (TPSA) is 76.1 Å². The first kappa shape index (κ1) is 21.2. The number of carbonyl (C=O) groups excluding carboxylic acids is 1. The zero-order valence-electron chi connectivity index (χ0n) is 16.3. The van der Waals surface area contributed by atoms with Gasteiger partial charge in [-0.2, -0.15) is 4.31 Å². The summed E-state index contributed by atoms with van der Waals surface area (Å²) in [7, 11) is -3.50. The third-order valence-electron chi connectivity index (χ3n) is 4.42. The zero-order chi connectivity index (χ0) is 19.4. The quantitative estimate of drug-likeness (QED) is 0.677. The van der Waals surface area contributed by atoms with E-state index in [0.717, 1.165) is 12.8 Å². The van der Waals surface area contributed by atoms with Crippen LogP contribution in [0.15, 0.2) is 11.5 Å². The Kier molecular flexibility index (Phi) is 7.10. The number of fused-ring (bicyclic) bond motifs is 2. The summed E-state index contributed by atoms with van der Waals surface area (Å²) < 4.78 is 38.0. The Morgan fingerprint density at radius 1 is 1.23 bits per heavy atom. The van der Waals surface area contributed by atoms with E-state index in [0.29, 0.717) is 26.1 Å². The maximum atomic E-state index is 12.6. The number of nitrogens with zero attached hydrogens (tertiary/aromatic N) is 2. The fourth-order valence-electron chi connectivity index (χ4n) is 3.18. The monoisotopic (exact) mass is 388 g/mol. The minimum atomic E-state index is -3.50. The molecule has 0 radical (unpaired) electrons. The Bertz CT molecular complexity index is 612. The van der Waals surface area contributed by atoms with Crippen LogP contribution in [0, 0.1) is 5.92 Å². The lowest BCUT2D eigenvalue weighted by molar-refractivity contribution is 0.0185. The standard InChI is InChI=1S/C18H32N2O5S/c1-5-6-9-24-14-16-13-19(17(21)25-18(2,3)4)11-15-8-7-10-26(22,23)20(16)12-15/h7,10,15-16H,5-6,8-9,11-14H2,1-4H3/t15-,16+/m0/s1. The summed E-state index contributed by atoms with van der Waals surface area (Å²) in [5, 5.41) is 1.29. The summed E-state index contributed by atoms with van der Waals surface area (Å²) in [5.74, 6) is 0.0525. The molecule has 7 nitrogen and oxygen atoms in total. The predicted molar refractivity (Wildman–Crippen MR) is 100 cm³/mol. The van der Waals surface area contributed by atoms with Crippen LogP contribution in [-0.4, -0.2) is 68.2 Å². The first-order chi connectivity index (χ1) is 12.1. The summed E-state index contributed by atoms with van der Waals surface area (Å²) in [4.78, 5) is 14.2. The van der Waals surface area contributed by atoms with Crippen molar-refractivity contribution in [3.05, 3.63) is 11.5 Å². The van der Waals surface area contributed by atoms with Gasteiger partial charge in [-0.1, -0.05) is 19.4 Å². The molecular formula is C18H32N2O5S. The van der Waals surface area contributed by atoms with Crippen LogP contribution in [0.1, 0.15) is 47.0 Å². The van der Waals surface area contributed by atoms with Crippen LogP contribution in [0.3, 0.4) is 0 Å². The van der Waals surface area contributed by atoms with E-state index in [1.165, 1.54) is 9.71 Å². The number of amides is 1. The fraction of sp³-hybridized carbons (Fsp3) is 0.833. The fourth-order valence-corrected chi connectivity index (χ4v) is 4.65. The van der Waals surface area contributed by atoms with E-state index >= 15 is 0 Å². The number of hydrogen-bond acceptors (Lipinski definition) is 5. The van der Waals surface area contributed by atoms with Gasteiger partial charge in [0, 0.05) is 31.6 Å². The molecule has 2 bridgehead atoms. The Balaban J connectivity index is 2.19. The van der Waals surface area contributed by atoms with E-state index in [4.69, 9.17) is 9.47 Å². The predicted octanol–water partition coefficient (Wildman–Crippen LogP) is 2.59. The number of rotatable bonds is 5. The van der Waals surface area contributed by atoms with Gasteiger partial charge in [0.05, 0.1) is 12.6 Å². The third kappa shape index (κ3) is 5.96. The minimum Gasteiger partial charge on any atom is -0.444 e. The molecule has 1 unspecified atom stereocenters. The van der Waals surface area contributed by atoms with Crippen LogP contribution in [0.2, 0.25) is 0 Å². The van der Waals surface area contributed by atoms with Crippen molar-refractivity contribution >= 4 is 16.1 Å². The molecular weight excluding hydrogens is 356 g/mol. The molecule has 1 amide bonds. The summed E-state index contributed by atoms with van der Waals surface area (Å²) in [5.41, 5.74) is -0.589. The highest BCUT2D eigenvalue weighted by molar-refractivity contribution is 7.92. The van der Waals surface area contributed by atoms with Gasteiger partial charge in [0.2, 0.25) is 10.0 Å². The highest BCUT2D eigenvalue weighted by Gasteiger charge is 2.39. The molecule has 0 saturated carbocycles. The number of ether oxygens (including phenoxy) is 2. The Labute approximate surface area is 157 Å². The third-order valence-corrected chi connectivity index (χ3v) is 6.06. The molecule has 2 aliphatic heterocycles. The van der Waals surface area contributed by atoms with Crippen LogP contribution < -0.4 is 0 Å². The molecule has 0 spiro atoms. The number of carbonyl (C=O) groups is 1. The molecule has 2 heterocycles. The summed E-state index contributed by atoms with van der Waals surface area (Å²) >= 11 is 0. The lowest BCUT2D eigenvalue weighted by Gasteiger charge is -2.31. The van der Waals surface area contributed by atoms with Crippen LogP contribution >= 0.6 is 0 Å². The maximum absolute atomic E-state index is 12.6. The van der Waals surface area contributed by atoms with Gasteiger partial charge in [0.1, 0.15) is 5.60 Å². The van der Waals surface area contributed by atoms with Crippen molar-refractivity contribution < 1.29 is 22.7 Å². The average Bonchev–Trinajstić information content (AvgIpc) is 2.78. The summed E-state index contributed by atoms with van der Waals surface area (Å²) in [6.45, 7) is 9.59. The first-order valence-electron chi connectivity index (χ1n) is 9.36. The molecule has 2 aliphatic rings. The largest absolute Gasteiger partial charge is 0.444 e. The molecule has 1 saturated heterocycles. The molecule has 26 heavy (non-hydrogen) atoms. The van der Waals surface area contributed by atoms with Crippen molar-refractivity contribution in [3.63, 3.8) is 0 Å². The molecule has 1 fully saturated rings. The number of sulfonamides is 1. The summed E-state index contributed by atoms with van der Waals surface area (Å²) in [6, 6.07) is -0.405. The second kappa shape index (κ2) is 8.71. The van der Waals surface area contributed by atoms with Crippen molar-refractivity contribution in [1.82, 2.24) is 9.21 Å². The lowest BCUT2D eigenvalue weighted by Crippen LogP contribution is -2.48. The molecule has 8 heteroatoms. The number of hydrogen-bond donors (Lipinski definition) is 0. The van der Waals surface area contributed by atoms with Gasteiger partial charge in [-0.25, -0.2) is 13.2 Å². The Hall–Kier alpha value is -1.12. The van der Waals surface area contributed by atoms with Gasteiger partial charge in [-0.05, 0) is 39.5 Å². The molecule has 0 N–H and O–H groups in total. The lowest BCUT2D eigenvalue weighted by atomic mass is 10.1. The zero-order valence-corrected chi connectivity index (χ0v) is 17.1. The van der Waals surface area contributed by atoms with Gasteiger partial charge in [0.15, 0.2) is 0 Å². The highest BCUT2D eigenvalue weighted by atomic mass is 32.2. The minimum absolute atomic E-state index is 0.0525. The van der Waals surface area contributed by atoms with Crippen LogP contribution in [0.25, 0.3) is 0 Å². The molecule has 2 rings (SSSR count). The van der Waals surface area contributed by atoms with E-state index in [-0.39, 0.29) is 19.1 Å². The van der Waals surface area contributed by atoms with Crippen molar-refractivity contribution in [2.24, 2.45) is 5.92 Å². The molecule has 0 aliphatic carbocycles. The maximum Gasteiger partial charge on any atom is 0.410 e. The van der Waals surface area contributed by atoms with Gasteiger partial charge in [-0.3, -0.25) is 0 Å². The van der Waals surface area contributed by atoms with Crippen LogP contribution in [0.4, 0.5) is 4.79 Å². The number of unbranched alkanes of at least 4 members (excludes halogenated alkanes) is 1. The van der Waals surface area contributed by atoms with E-state index < -0.39 is 27.8 Å². The van der Waals surface area contributed by atoms with Crippen LogP contribution in [0.5, 0.6) is 0 Å². The summed E-state index contributed by atoms with van der Waals surface area (Å²) in [6.07, 6.45) is 3.86. The molecule has 0 aromatic rings. The van der Waals surface area contributed by atoms with Gasteiger partial charge >= 0.3 is 6.09 Å². The van der Waals surface area contributed by atoms with E-state index in [1.807, 2.05) is 20.8 Å². The van der Waals surface area contributed by atoms with Crippen LogP contribution in [-0.2, 0) is 19.5 Å². The van der Waals surface area contributed by atoms with Crippen molar-refractivity contribution in [2.45, 2.75) is 58.6 Å². The Morgan fingerprint density at radius 3 is 2.62 bits per heavy atom. The van der Waals surface area contributed by atoms with Gasteiger partial charge in [0.25, 0.3) is 0 Å². The molecule has 3 atom stereocenters. The van der Waals surface area contributed by atoms with Crippen molar-refractivity contribution in [1.29, 1.82) is 0 Å². The van der Waals surface area contributed by atoms with Gasteiger partial charge in [-0.15, -0.1) is 0 Å². The SMILES string of the molecule is CCCCOC[C@H]1CN(C(=O)OC(C)(C)C)C[C@@H]2CC=CS(=O)(=O)N1C2. The van der Waals surface area contributed by atoms with E-state index in [9.17, 15) is 13.2 Å². The highest BCUT2D eigenvalue weighted by Crippen LogP contribution is 2.26. The first-order valence-corrected chi connectivity index (χ1v) is 10.9. The molecule has 0 aromatic carbocycles. The van der Waals surface area contributed by atoms with E-state index in [1.54, 1.807) is 11.0 Å². The second-order valence-electron chi connectivity index (χ2n) is 8.06. The smallest absolute Gasteiger partial charge is 0.410 e. The Morgan fingerprint density at radius 2 is 1.96 bits per heavy atom. The second-order valence-corrected chi connectivity index (χ2v) is 9.83. The molecule has 0 aromatic heterocycles. The normalized spacial score (nSPS) is 28.3. The molecule has 150 valence electrons.